The van der Waals surface area contributed by atoms with Gasteiger partial charge in [-0.3, -0.25) is 0 Å². The van der Waals surface area contributed by atoms with Gasteiger partial charge in [0.1, 0.15) is 0 Å². The standard InChI is InChI=1S/C12H20N4O/c1-16(4-5-17-9-10-2-3-10)12-14-7-11(6-13)8-15-12/h7-8,10H,2-6,9,13H2,1H3. The SMILES string of the molecule is CN(CCOCC1CC1)c1ncc(CN)cn1. The summed E-state index contributed by atoms with van der Waals surface area (Å²) in [6, 6.07) is 0. The summed E-state index contributed by atoms with van der Waals surface area (Å²) < 4.78 is 5.58. The molecule has 1 aromatic rings. The maximum atomic E-state index is 5.58. The Balaban J connectivity index is 1.71. The van der Waals surface area contributed by atoms with Crippen LogP contribution in [0.1, 0.15) is 18.4 Å². The van der Waals surface area contributed by atoms with E-state index in [0.29, 0.717) is 6.54 Å². The van der Waals surface area contributed by atoms with Gasteiger partial charge in [0.05, 0.1) is 6.61 Å². The third-order valence-corrected chi connectivity index (χ3v) is 2.89. The molecule has 5 nitrogen and oxygen atoms in total. The van der Waals surface area contributed by atoms with Crippen LogP contribution >= 0.6 is 0 Å². The minimum Gasteiger partial charge on any atom is -0.379 e. The predicted octanol–water partition coefficient (Wildman–Crippen LogP) is 0.798. The van der Waals surface area contributed by atoms with Gasteiger partial charge in [-0.2, -0.15) is 0 Å². The van der Waals surface area contributed by atoms with Crippen LogP contribution in [0.3, 0.4) is 0 Å². The molecule has 0 aromatic carbocycles. The molecule has 2 N–H and O–H groups in total. The number of likely N-dealkylation sites (N-methyl/N-ethyl adjacent to an activating group) is 1. The highest BCUT2D eigenvalue weighted by Crippen LogP contribution is 2.28. The van der Waals surface area contributed by atoms with E-state index in [9.17, 15) is 0 Å². The largest absolute Gasteiger partial charge is 0.379 e. The van der Waals surface area contributed by atoms with Crippen molar-refractivity contribution in [1.82, 2.24) is 9.97 Å². The number of nitrogens with zero attached hydrogens (tertiary/aromatic N) is 3. The normalized spacial score (nSPS) is 14.9. The molecule has 2 rings (SSSR count). The number of anilines is 1. The molecule has 0 spiro atoms. The zero-order valence-electron chi connectivity index (χ0n) is 10.3. The van der Waals surface area contributed by atoms with Crippen LogP contribution < -0.4 is 10.6 Å². The van der Waals surface area contributed by atoms with Gasteiger partial charge in [0.15, 0.2) is 0 Å². The maximum Gasteiger partial charge on any atom is 0.225 e. The van der Waals surface area contributed by atoms with E-state index in [1.165, 1.54) is 12.8 Å². The lowest BCUT2D eigenvalue weighted by molar-refractivity contribution is 0.130. The summed E-state index contributed by atoms with van der Waals surface area (Å²) in [5.74, 6) is 1.54. The lowest BCUT2D eigenvalue weighted by Crippen LogP contribution is -2.25. The first kappa shape index (κ1) is 12.3. The fourth-order valence-electron chi connectivity index (χ4n) is 1.49. The second-order valence-corrected chi connectivity index (χ2v) is 4.54. The Hall–Kier alpha value is -1.20. The second-order valence-electron chi connectivity index (χ2n) is 4.54. The van der Waals surface area contributed by atoms with E-state index in [2.05, 4.69) is 9.97 Å². The zero-order valence-corrected chi connectivity index (χ0v) is 10.3. The molecule has 0 aliphatic heterocycles. The Bertz CT molecular complexity index is 337. The molecule has 1 aliphatic carbocycles. The summed E-state index contributed by atoms with van der Waals surface area (Å²) in [5, 5.41) is 0. The summed E-state index contributed by atoms with van der Waals surface area (Å²) in [5.41, 5.74) is 6.45. The molecule has 94 valence electrons. The molecule has 1 fully saturated rings. The van der Waals surface area contributed by atoms with E-state index in [4.69, 9.17) is 10.5 Å². The van der Waals surface area contributed by atoms with Crippen LogP contribution in [0.15, 0.2) is 12.4 Å². The quantitative estimate of drug-likeness (QED) is 0.709. The molecule has 1 aliphatic rings. The summed E-state index contributed by atoms with van der Waals surface area (Å²) in [4.78, 5) is 10.5. The van der Waals surface area contributed by atoms with Gasteiger partial charge in [-0.05, 0) is 18.8 Å². The Morgan fingerprint density at radius 2 is 2.12 bits per heavy atom. The molecule has 0 bridgehead atoms. The van der Waals surface area contributed by atoms with Crippen LogP contribution in [-0.2, 0) is 11.3 Å². The van der Waals surface area contributed by atoms with Crippen molar-refractivity contribution in [2.45, 2.75) is 19.4 Å². The fraction of sp³-hybridized carbons (Fsp3) is 0.667. The van der Waals surface area contributed by atoms with Crippen molar-refractivity contribution < 1.29 is 4.74 Å². The van der Waals surface area contributed by atoms with Crippen molar-refractivity contribution in [3.8, 4) is 0 Å². The van der Waals surface area contributed by atoms with E-state index in [1.54, 1.807) is 12.4 Å². The van der Waals surface area contributed by atoms with Crippen molar-refractivity contribution in [2.75, 3.05) is 31.7 Å². The Morgan fingerprint density at radius 3 is 2.71 bits per heavy atom. The molecule has 5 heteroatoms. The topological polar surface area (TPSA) is 64.3 Å². The molecule has 1 aromatic heterocycles. The van der Waals surface area contributed by atoms with Crippen molar-refractivity contribution >= 4 is 5.95 Å². The van der Waals surface area contributed by atoms with Crippen molar-refractivity contribution in [1.29, 1.82) is 0 Å². The lowest BCUT2D eigenvalue weighted by atomic mass is 10.3. The number of aromatic nitrogens is 2. The van der Waals surface area contributed by atoms with Crippen LogP contribution in [0.25, 0.3) is 0 Å². The van der Waals surface area contributed by atoms with Crippen LogP contribution in [0.5, 0.6) is 0 Å². The molecule has 0 radical (unpaired) electrons. The molecule has 1 heterocycles. The van der Waals surface area contributed by atoms with Gasteiger partial charge in [-0.25, -0.2) is 9.97 Å². The van der Waals surface area contributed by atoms with Gasteiger partial charge in [-0.1, -0.05) is 0 Å². The van der Waals surface area contributed by atoms with Crippen molar-refractivity contribution in [2.24, 2.45) is 11.7 Å². The van der Waals surface area contributed by atoms with Crippen LogP contribution in [0.4, 0.5) is 5.95 Å². The first-order chi connectivity index (χ1) is 8.29. The highest BCUT2D eigenvalue weighted by atomic mass is 16.5. The van der Waals surface area contributed by atoms with Gasteiger partial charge >= 0.3 is 0 Å². The molecular formula is C12H20N4O. The molecule has 0 unspecified atom stereocenters. The molecule has 0 saturated heterocycles. The van der Waals surface area contributed by atoms with Crippen LogP contribution in [0, 0.1) is 5.92 Å². The average Bonchev–Trinajstić information content (AvgIpc) is 3.18. The molecule has 0 amide bonds. The highest BCUT2D eigenvalue weighted by molar-refractivity contribution is 5.28. The number of nitrogens with two attached hydrogens (primary N) is 1. The zero-order chi connectivity index (χ0) is 12.1. The van der Waals surface area contributed by atoms with Gasteiger partial charge in [-0.15, -0.1) is 0 Å². The third kappa shape index (κ3) is 3.94. The molecule has 0 atom stereocenters. The highest BCUT2D eigenvalue weighted by Gasteiger charge is 2.20. The van der Waals surface area contributed by atoms with Crippen LogP contribution in [-0.4, -0.2) is 36.8 Å². The predicted molar refractivity (Wildman–Crippen MR) is 66.7 cm³/mol. The van der Waals surface area contributed by atoms with Crippen molar-refractivity contribution in [3.63, 3.8) is 0 Å². The number of hydrogen-bond acceptors (Lipinski definition) is 5. The van der Waals surface area contributed by atoms with Gasteiger partial charge in [0.25, 0.3) is 0 Å². The van der Waals surface area contributed by atoms with Crippen molar-refractivity contribution in [3.05, 3.63) is 18.0 Å². The number of ether oxygens (including phenoxy) is 1. The van der Waals surface area contributed by atoms with E-state index in [-0.39, 0.29) is 0 Å². The summed E-state index contributed by atoms with van der Waals surface area (Å²) in [7, 11) is 1.97. The summed E-state index contributed by atoms with van der Waals surface area (Å²) in [6.45, 7) is 2.93. The first-order valence-corrected chi connectivity index (χ1v) is 6.09. The second kappa shape index (κ2) is 5.93. The van der Waals surface area contributed by atoms with E-state index < -0.39 is 0 Å². The van der Waals surface area contributed by atoms with Crippen LogP contribution in [0.2, 0.25) is 0 Å². The first-order valence-electron chi connectivity index (χ1n) is 6.09. The average molecular weight is 236 g/mol. The Morgan fingerprint density at radius 1 is 1.41 bits per heavy atom. The number of hydrogen-bond donors (Lipinski definition) is 1. The molecular weight excluding hydrogens is 216 g/mol. The van der Waals surface area contributed by atoms with Gasteiger partial charge < -0.3 is 15.4 Å². The Labute approximate surface area is 102 Å². The fourth-order valence-corrected chi connectivity index (χ4v) is 1.49. The number of rotatable bonds is 7. The van der Waals surface area contributed by atoms with E-state index >= 15 is 0 Å². The maximum absolute atomic E-state index is 5.58. The smallest absolute Gasteiger partial charge is 0.225 e. The summed E-state index contributed by atoms with van der Waals surface area (Å²) in [6.07, 6.45) is 6.20. The monoisotopic (exact) mass is 236 g/mol. The van der Waals surface area contributed by atoms with E-state index in [0.717, 1.165) is 37.2 Å². The van der Waals surface area contributed by atoms with Gasteiger partial charge in [0.2, 0.25) is 5.95 Å². The molecule has 1 saturated carbocycles. The lowest BCUT2D eigenvalue weighted by Gasteiger charge is -2.16. The minimum absolute atomic E-state index is 0.481. The summed E-state index contributed by atoms with van der Waals surface area (Å²) >= 11 is 0. The minimum atomic E-state index is 0.481. The molecule has 17 heavy (non-hydrogen) atoms. The van der Waals surface area contributed by atoms with Gasteiger partial charge in [0, 0.05) is 44.7 Å². The van der Waals surface area contributed by atoms with E-state index in [1.807, 2.05) is 11.9 Å². The Kier molecular flexibility index (Phi) is 4.28. The third-order valence-electron chi connectivity index (χ3n) is 2.89.